The highest BCUT2D eigenvalue weighted by atomic mass is 16.1. The van der Waals surface area contributed by atoms with Crippen LogP contribution in [0.25, 0.3) is 0 Å². The average Bonchev–Trinajstić information content (AvgIpc) is 2.29. The Bertz CT molecular complexity index is 313. The van der Waals surface area contributed by atoms with Gasteiger partial charge in [-0.1, -0.05) is 43.3 Å². The Hall–Kier alpha value is -1.37. The highest BCUT2D eigenvalue weighted by Gasteiger charge is 2.13. The lowest BCUT2D eigenvalue weighted by Gasteiger charge is -2.09. The topological polar surface area (TPSA) is 17.1 Å². The SMILES string of the molecule is C=CCCCC(C)C(=O)c1ccccc1. The van der Waals surface area contributed by atoms with E-state index in [0.29, 0.717) is 0 Å². The first-order valence-corrected chi connectivity index (χ1v) is 5.46. The minimum absolute atomic E-state index is 0.118. The van der Waals surface area contributed by atoms with Crippen molar-refractivity contribution in [3.63, 3.8) is 0 Å². The lowest BCUT2D eigenvalue weighted by atomic mass is 9.94. The van der Waals surface area contributed by atoms with Crippen LogP contribution in [0.2, 0.25) is 0 Å². The highest BCUT2D eigenvalue weighted by molar-refractivity contribution is 5.97. The Morgan fingerprint density at radius 2 is 2.07 bits per heavy atom. The summed E-state index contributed by atoms with van der Waals surface area (Å²) in [5.74, 6) is 0.368. The number of rotatable bonds is 6. The molecule has 1 rings (SSSR count). The molecule has 0 aliphatic rings. The molecule has 1 aromatic rings. The van der Waals surface area contributed by atoms with Crippen molar-refractivity contribution in [2.75, 3.05) is 0 Å². The molecule has 0 aliphatic carbocycles. The van der Waals surface area contributed by atoms with E-state index in [-0.39, 0.29) is 11.7 Å². The zero-order valence-electron chi connectivity index (χ0n) is 9.28. The summed E-state index contributed by atoms with van der Waals surface area (Å²) in [6, 6.07) is 9.51. The van der Waals surface area contributed by atoms with Gasteiger partial charge in [-0.15, -0.1) is 6.58 Å². The summed E-state index contributed by atoms with van der Waals surface area (Å²) in [7, 11) is 0. The number of carbonyl (C=O) groups excluding carboxylic acids is 1. The summed E-state index contributed by atoms with van der Waals surface area (Å²) in [5.41, 5.74) is 0.823. The minimum Gasteiger partial charge on any atom is -0.294 e. The normalized spacial score (nSPS) is 12.1. The van der Waals surface area contributed by atoms with Gasteiger partial charge in [0.1, 0.15) is 0 Å². The van der Waals surface area contributed by atoms with E-state index in [0.717, 1.165) is 24.8 Å². The molecular weight excluding hydrogens is 184 g/mol. The lowest BCUT2D eigenvalue weighted by molar-refractivity contribution is 0.0923. The van der Waals surface area contributed by atoms with Crippen molar-refractivity contribution in [1.82, 2.24) is 0 Å². The second kappa shape index (κ2) is 6.18. The van der Waals surface area contributed by atoms with Crippen molar-refractivity contribution in [1.29, 1.82) is 0 Å². The Labute approximate surface area is 91.8 Å². The van der Waals surface area contributed by atoms with Crippen LogP contribution in [0.3, 0.4) is 0 Å². The van der Waals surface area contributed by atoms with Gasteiger partial charge in [-0.3, -0.25) is 4.79 Å². The lowest BCUT2D eigenvalue weighted by Crippen LogP contribution is -2.10. The second-order valence-corrected chi connectivity index (χ2v) is 3.85. The molecule has 0 fully saturated rings. The summed E-state index contributed by atoms with van der Waals surface area (Å²) >= 11 is 0. The van der Waals surface area contributed by atoms with E-state index >= 15 is 0 Å². The Kier molecular flexibility index (Phi) is 4.82. The zero-order valence-corrected chi connectivity index (χ0v) is 9.28. The molecule has 1 heteroatoms. The molecule has 1 nitrogen and oxygen atoms in total. The summed E-state index contributed by atoms with van der Waals surface area (Å²) in [6.07, 6.45) is 4.88. The van der Waals surface area contributed by atoms with Gasteiger partial charge in [0.15, 0.2) is 5.78 Å². The van der Waals surface area contributed by atoms with Crippen molar-refractivity contribution >= 4 is 5.78 Å². The largest absolute Gasteiger partial charge is 0.294 e. The molecule has 0 saturated carbocycles. The molecule has 0 heterocycles. The Balaban J connectivity index is 2.50. The molecule has 0 radical (unpaired) electrons. The van der Waals surface area contributed by atoms with E-state index in [9.17, 15) is 4.79 Å². The van der Waals surface area contributed by atoms with Crippen LogP contribution in [0.4, 0.5) is 0 Å². The van der Waals surface area contributed by atoms with Crippen LogP contribution in [0.1, 0.15) is 36.5 Å². The van der Waals surface area contributed by atoms with E-state index < -0.39 is 0 Å². The maximum atomic E-state index is 11.9. The number of hydrogen-bond donors (Lipinski definition) is 0. The standard InChI is InChI=1S/C14H18O/c1-3-4-6-9-12(2)14(15)13-10-7-5-8-11-13/h3,5,7-8,10-12H,1,4,6,9H2,2H3. The summed E-state index contributed by atoms with van der Waals surface area (Å²) < 4.78 is 0. The molecule has 1 atom stereocenters. The highest BCUT2D eigenvalue weighted by Crippen LogP contribution is 2.14. The van der Waals surface area contributed by atoms with Crippen molar-refractivity contribution in [3.8, 4) is 0 Å². The van der Waals surface area contributed by atoms with Crippen LogP contribution in [0, 0.1) is 5.92 Å². The van der Waals surface area contributed by atoms with E-state index in [1.165, 1.54) is 0 Å². The van der Waals surface area contributed by atoms with E-state index in [1.807, 2.05) is 43.3 Å². The van der Waals surface area contributed by atoms with Gasteiger partial charge in [-0.2, -0.15) is 0 Å². The van der Waals surface area contributed by atoms with Gasteiger partial charge in [0.2, 0.25) is 0 Å². The maximum absolute atomic E-state index is 11.9. The van der Waals surface area contributed by atoms with E-state index in [2.05, 4.69) is 6.58 Å². The van der Waals surface area contributed by atoms with Gasteiger partial charge < -0.3 is 0 Å². The predicted octanol–water partition coefficient (Wildman–Crippen LogP) is 3.86. The molecule has 0 bridgehead atoms. The fourth-order valence-corrected chi connectivity index (χ4v) is 1.59. The van der Waals surface area contributed by atoms with Gasteiger partial charge in [0.25, 0.3) is 0 Å². The summed E-state index contributed by atoms with van der Waals surface area (Å²) in [4.78, 5) is 11.9. The molecule has 0 amide bonds. The van der Waals surface area contributed by atoms with Crippen LogP contribution < -0.4 is 0 Å². The van der Waals surface area contributed by atoms with Crippen molar-refractivity contribution in [2.45, 2.75) is 26.2 Å². The third kappa shape index (κ3) is 3.70. The Morgan fingerprint density at radius 3 is 2.67 bits per heavy atom. The number of benzene rings is 1. The number of Topliss-reactive ketones (excluding diaryl/α,β-unsaturated/α-hetero) is 1. The predicted molar refractivity (Wildman–Crippen MR) is 64.0 cm³/mol. The van der Waals surface area contributed by atoms with Crippen LogP contribution in [-0.2, 0) is 0 Å². The maximum Gasteiger partial charge on any atom is 0.165 e. The number of unbranched alkanes of at least 4 members (excludes halogenated alkanes) is 1. The first-order valence-electron chi connectivity index (χ1n) is 5.46. The van der Waals surface area contributed by atoms with E-state index in [1.54, 1.807) is 0 Å². The molecule has 80 valence electrons. The van der Waals surface area contributed by atoms with Crippen LogP contribution >= 0.6 is 0 Å². The zero-order chi connectivity index (χ0) is 11.1. The third-order valence-electron chi connectivity index (χ3n) is 2.55. The quantitative estimate of drug-likeness (QED) is 0.389. The van der Waals surface area contributed by atoms with Crippen LogP contribution in [0.15, 0.2) is 43.0 Å². The van der Waals surface area contributed by atoms with Crippen LogP contribution in [-0.4, -0.2) is 5.78 Å². The number of allylic oxidation sites excluding steroid dienone is 1. The second-order valence-electron chi connectivity index (χ2n) is 3.85. The molecule has 0 spiro atoms. The number of carbonyl (C=O) groups is 1. The molecular formula is C14H18O. The van der Waals surface area contributed by atoms with Gasteiger partial charge in [0, 0.05) is 11.5 Å². The van der Waals surface area contributed by atoms with Gasteiger partial charge in [-0.25, -0.2) is 0 Å². The number of hydrogen-bond acceptors (Lipinski definition) is 1. The van der Waals surface area contributed by atoms with Crippen molar-refractivity contribution in [2.24, 2.45) is 5.92 Å². The average molecular weight is 202 g/mol. The summed E-state index contributed by atoms with van der Waals surface area (Å²) in [6.45, 7) is 5.67. The first-order chi connectivity index (χ1) is 7.25. The van der Waals surface area contributed by atoms with E-state index in [4.69, 9.17) is 0 Å². The number of ketones is 1. The first kappa shape index (κ1) is 11.7. The molecule has 15 heavy (non-hydrogen) atoms. The molecule has 1 unspecified atom stereocenters. The fraction of sp³-hybridized carbons (Fsp3) is 0.357. The fourth-order valence-electron chi connectivity index (χ4n) is 1.59. The molecule has 0 aromatic heterocycles. The monoisotopic (exact) mass is 202 g/mol. The molecule has 0 saturated heterocycles. The molecule has 1 aromatic carbocycles. The van der Waals surface area contributed by atoms with Gasteiger partial charge in [0.05, 0.1) is 0 Å². The smallest absolute Gasteiger partial charge is 0.165 e. The van der Waals surface area contributed by atoms with Crippen LogP contribution in [0.5, 0.6) is 0 Å². The Morgan fingerprint density at radius 1 is 1.40 bits per heavy atom. The van der Waals surface area contributed by atoms with Crippen molar-refractivity contribution < 1.29 is 4.79 Å². The van der Waals surface area contributed by atoms with Crippen molar-refractivity contribution in [3.05, 3.63) is 48.6 Å². The summed E-state index contributed by atoms with van der Waals surface area (Å²) in [5, 5.41) is 0. The van der Waals surface area contributed by atoms with Gasteiger partial charge in [-0.05, 0) is 19.3 Å². The van der Waals surface area contributed by atoms with Gasteiger partial charge >= 0.3 is 0 Å². The minimum atomic E-state index is 0.118. The molecule has 0 aliphatic heterocycles. The molecule has 0 N–H and O–H groups in total. The third-order valence-corrected chi connectivity index (χ3v) is 2.55.